The number of hydrogen-bond donors (Lipinski definition) is 1. The fourth-order valence-electron chi connectivity index (χ4n) is 1.73. The van der Waals surface area contributed by atoms with Gasteiger partial charge in [-0.2, -0.15) is 5.26 Å². The van der Waals surface area contributed by atoms with E-state index < -0.39 is 0 Å². The first kappa shape index (κ1) is 12.8. The van der Waals surface area contributed by atoms with Gasteiger partial charge < -0.3 is 10.1 Å². The topological polar surface area (TPSA) is 75.0 Å². The van der Waals surface area contributed by atoms with E-state index in [0.717, 1.165) is 5.39 Å². The fourth-order valence-corrected chi connectivity index (χ4v) is 1.73. The van der Waals surface area contributed by atoms with E-state index in [9.17, 15) is 4.79 Å². The molecular weight excluding hydrogens is 242 g/mol. The maximum Gasteiger partial charge on any atom is 0.325 e. The third kappa shape index (κ3) is 2.99. The Hall–Kier alpha value is -2.61. The van der Waals surface area contributed by atoms with Crippen molar-refractivity contribution in [3.8, 4) is 6.07 Å². The summed E-state index contributed by atoms with van der Waals surface area (Å²) >= 11 is 0. The molecule has 19 heavy (non-hydrogen) atoms. The Balaban J connectivity index is 2.25. The summed E-state index contributed by atoms with van der Waals surface area (Å²) in [5.41, 5.74) is 1.24. The summed E-state index contributed by atoms with van der Waals surface area (Å²) in [6.07, 6.45) is 0. The molecule has 0 saturated carbocycles. The number of aromatic nitrogens is 1. The van der Waals surface area contributed by atoms with Gasteiger partial charge in [-0.25, -0.2) is 4.98 Å². The molecule has 1 aromatic carbocycles. The summed E-state index contributed by atoms with van der Waals surface area (Å²) in [5.74, 6) is 0.138. The third-order valence-corrected chi connectivity index (χ3v) is 2.56. The van der Waals surface area contributed by atoms with Gasteiger partial charge in [0.05, 0.1) is 23.8 Å². The standard InChI is InChI=1S/C14H13N3O2/c1-2-19-14(18)9-16-13-7-10(8-15)11-5-3-4-6-12(11)17-13/h3-7H,2,9H2,1H3,(H,16,17). The summed E-state index contributed by atoms with van der Waals surface area (Å²) in [6, 6.07) is 11.1. The summed E-state index contributed by atoms with van der Waals surface area (Å²) in [7, 11) is 0. The molecule has 0 amide bonds. The first-order valence-corrected chi connectivity index (χ1v) is 5.94. The molecule has 2 rings (SSSR count). The maximum absolute atomic E-state index is 11.3. The van der Waals surface area contributed by atoms with Crippen molar-refractivity contribution in [1.29, 1.82) is 5.26 Å². The molecule has 1 N–H and O–H groups in total. The Morgan fingerprint density at radius 3 is 3.00 bits per heavy atom. The Morgan fingerprint density at radius 1 is 1.47 bits per heavy atom. The molecule has 0 radical (unpaired) electrons. The average molecular weight is 255 g/mol. The molecule has 5 heteroatoms. The molecule has 96 valence electrons. The van der Waals surface area contributed by atoms with Gasteiger partial charge in [0, 0.05) is 5.39 Å². The van der Waals surface area contributed by atoms with E-state index in [0.29, 0.717) is 23.5 Å². The maximum atomic E-state index is 11.3. The Kier molecular flexibility index (Phi) is 3.94. The Morgan fingerprint density at radius 2 is 2.26 bits per heavy atom. The molecule has 0 aliphatic rings. The van der Waals surface area contributed by atoms with Crippen LogP contribution in [0.2, 0.25) is 0 Å². The van der Waals surface area contributed by atoms with Crippen LogP contribution in [0.1, 0.15) is 12.5 Å². The van der Waals surface area contributed by atoms with Gasteiger partial charge >= 0.3 is 5.97 Å². The number of fused-ring (bicyclic) bond motifs is 1. The zero-order valence-corrected chi connectivity index (χ0v) is 10.5. The minimum Gasteiger partial charge on any atom is -0.465 e. The highest BCUT2D eigenvalue weighted by Gasteiger charge is 2.06. The zero-order chi connectivity index (χ0) is 13.7. The third-order valence-electron chi connectivity index (χ3n) is 2.56. The van der Waals surface area contributed by atoms with E-state index in [4.69, 9.17) is 10.00 Å². The number of anilines is 1. The highest BCUT2D eigenvalue weighted by molar-refractivity contribution is 5.86. The molecule has 0 unspecified atom stereocenters. The number of benzene rings is 1. The van der Waals surface area contributed by atoms with Crippen molar-refractivity contribution in [1.82, 2.24) is 4.98 Å². The minimum absolute atomic E-state index is 0.0318. The molecular formula is C14H13N3O2. The fraction of sp³-hybridized carbons (Fsp3) is 0.214. The highest BCUT2D eigenvalue weighted by atomic mass is 16.5. The van der Waals surface area contributed by atoms with Crippen LogP contribution in [0.25, 0.3) is 10.9 Å². The average Bonchev–Trinajstić information content (AvgIpc) is 2.44. The molecule has 0 spiro atoms. The quantitative estimate of drug-likeness (QED) is 0.846. The molecule has 0 aliphatic carbocycles. The number of carbonyl (C=O) groups excluding carboxylic acids is 1. The van der Waals surface area contributed by atoms with E-state index in [-0.39, 0.29) is 12.5 Å². The number of carbonyl (C=O) groups is 1. The van der Waals surface area contributed by atoms with E-state index >= 15 is 0 Å². The Bertz CT molecular complexity index is 647. The van der Waals surface area contributed by atoms with Gasteiger partial charge in [-0.15, -0.1) is 0 Å². The summed E-state index contributed by atoms with van der Waals surface area (Å²) in [6.45, 7) is 2.12. The van der Waals surface area contributed by atoms with Gasteiger partial charge in [-0.3, -0.25) is 4.79 Å². The lowest BCUT2D eigenvalue weighted by Crippen LogP contribution is -2.17. The van der Waals surface area contributed by atoms with E-state index in [1.165, 1.54) is 0 Å². The summed E-state index contributed by atoms with van der Waals surface area (Å²) in [5, 5.41) is 12.8. The van der Waals surface area contributed by atoms with Gasteiger partial charge in [0.15, 0.2) is 0 Å². The minimum atomic E-state index is -0.351. The lowest BCUT2D eigenvalue weighted by molar-refractivity contribution is -0.140. The first-order valence-electron chi connectivity index (χ1n) is 5.94. The van der Waals surface area contributed by atoms with Gasteiger partial charge in [0.2, 0.25) is 0 Å². The number of para-hydroxylation sites is 1. The van der Waals surface area contributed by atoms with Crippen LogP contribution in [-0.2, 0) is 9.53 Å². The summed E-state index contributed by atoms with van der Waals surface area (Å²) in [4.78, 5) is 15.6. The second-order valence-electron chi connectivity index (χ2n) is 3.84. The van der Waals surface area contributed by atoms with Crippen LogP contribution in [0.3, 0.4) is 0 Å². The van der Waals surface area contributed by atoms with Crippen molar-refractivity contribution in [3.63, 3.8) is 0 Å². The lowest BCUT2D eigenvalue weighted by atomic mass is 10.1. The normalized spacial score (nSPS) is 9.89. The molecule has 0 fully saturated rings. The lowest BCUT2D eigenvalue weighted by Gasteiger charge is -2.07. The number of nitrogens with one attached hydrogen (secondary N) is 1. The van der Waals surface area contributed by atoms with Crippen molar-refractivity contribution < 1.29 is 9.53 Å². The molecule has 0 atom stereocenters. The predicted octanol–water partition coefficient (Wildman–Crippen LogP) is 2.08. The number of nitrogens with zero attached hydrogens (tertiary/aromatic N) is 2. The van der Waals surface area contributed by atoms with Crippen LogP contribution in [0.15, 0.2) is 30.3 Å². The molecule has 0 aliphatic heterocycles. The largest absolute Gasteiger partial charge is 0.465 e. The van der Waals surface area contributed by atoms with Crippen molar-refractivity contribution in [2.75, 3.05) is 18.5 Å². The van der Waals surface area contributed by atoms with Crippen LogP contribution < -0.4 is 5.32 Å². The van der Waals surface area contributed by atoms with Crippen LogP contribution in [0.4, 0.5) is 5.82 Å². The molecule has 5 nitrogen and oxygen atoms in total. The van der Waals surface area contributed by atoms with Crippen LogP contribution in [-0.4, -0.2) is 24.1 Å². The van der Waals surface area contributed by atoms with Crippen molar-refractivity contribution >= 4 is 22.7 Å². The second-order valence-corrected chi connectivity index (χ2v) is 3.84. The second kappa shape index (κ2) is 5.83. The predicted molar refractivity (Wildman–Crippen MR) is 71.6 cm³/mol. The zero-order valence-electron chi connectivity index (χ0n) is 10.5. The SMILES string of the molecule is CCOC(=O)CNc1cc(C#N)c2ccccc2n1. The van der Waals surface area contributed by atoms with Gasteiger partial charge in [0.1, 0.15) is 12.4 Å². The van der Waals surface area contributed by atoms with Gasteiger partial charge in [-0.05, 0) is 19.1 Å². The van der Waals surface area contributed by atoms with Crippen molar-refractivity contribution in [2.24, 2.45) is 0 Å². The summed E-state index contributed by atoms with van der Waals surface area (Å²) < 4.78 is 4.81. The highest BCUT2D eigenvalue weighted by Crippen LogP contribution is 2.19. The van der Waals surface area contributed by atoms with Gasteiger partial charge in [0.25, 0.3) is 0 Å². The molecule has 2 aromatic rings. The number of ether oxygens (including phenoxy) is 1. The molecule has 1 aromatic heterocycles. The molecule has 0 bridgehead atoms. The van der Waals surface area contributed by atoms with E-state index in [1.54, 1.807) is 13.0 Å². The monoisotopic (exact) mass is 255 g/mol. The van der Waals surface area contributed by atoms with Gasteiger partial charge in [-0.1, -0.05) is 18.2 Å². The number of esters is 1. The van der Waals surface area contributed by atoms with Crippen LogP contribution in [0, 0.1) is 11.3 Å². The first-order chi connectivity index (χ1) is 9.24. The number of hydrogen-bond acceptors (Lipinski definition) is 5. The van der Waals surface area contributed by atoms with Crippen molar-refractivity contribution in [3.05, 3.63) is 35.9 Å². The van der Waals surface area contributed by atoms with Crippen LogP contribution in [0.5, 0.6) is 0 Å². The number of rotatable bonds is 4. The van der Waals surface area contributed by atoms with E-state index in [1.807, 2.05) is 24.3 Å². The smallest absolute Gasteiger partial charge is 0.325 e. The van der Waals surface area contributed by atoms with Crippen LogP contribution >= 0.6 is 0 Å². The van der Waals surface area contributed by atoms with Crippen molar-refractivity contribution in [2.45, 2.75) is 6.92 Å². The van der Waals surface area contributed by atoms with E-state index in [2.05, 4.69) is 16.4 Å². The molecule has 1 heterocycles. The number of nitriles is 1. The Labute approximate surface area is 110 Å². The number of pyridine rings is 1. The molecule has 0 saturated heterocycles.